The van der Waals surface area contributed by atoms with E-state index in [0.29, 0.717) is 16.3 Å². The summed E-state index contributed by atoms with van der Waals surface area (Å²) in [5.74, 6) is -1.06. The zero-order valence-electron chi connectivity index (χ0n) is 16.9. The third kappa shape index (κ3) is 3.74. The number of aliphatic carboxylic acids is 1. The summed E-state index contributed by atoms with van der Waals surface area (Å²) in [5.41, 5.74) is 4.23. The fourth-order valence-electron chi connectivity index (χ4n) is 3.73. The molecule has 4 aromatic rings. The van der Waals surface area contributed by atoms with E-state index in [1.54, 1.807) is 19.2 Å². The second kappa shape index (κ2) is 8.01. The lowest BCUT2D eigenvalue weighted by Crippen LogP contribution is -2.21. The molecule has 5 nitrogen and oxygen atoms in total. The van der Waals surface area contributed by atoms with E-state index in [1.165, 1.54) is 0 Å². The van der Waals surface area contributed by atoms with Crippen molar-refractivity contribution in [1.29, 1.82) is 0 Å². The van der Waals surface area contributed by atoms with E-state index < -0.39 is 12.1 Å². The average molecular weight is 421 g/mol. The van der Waals surface area contributed by atoms with Crippen LogP contribution in [0.1, 0.15) is 31.2 Å². The third-order valence-corrected chi connectivity index (χ3v) is 5.18. The molecule has 30 heavy (non-hydrogen) atoms. The van der Waals surface area contributed by atoms with Crippen LogP contribution in [0.25, 0.3) is 32.9 Å². The summed E-state index contributed by atoms with van der Waals surface area (Å²) >= 11 is 6.30. The van der Waals surface area contributed by atoms with E-state index in [9.17, 15) is 9.90 Å². The van der Waals surface area contributed by atoms with E-state index in [4.69, 9.17) is 16.3 Å². The van der Waals surface area contributed by atoms with Crippen molar-refractivity contribution in [3.05, 3.63) is 71.0 Å². The van der Waals surface area contributed by atoms with E-state index in [2.05, 4.69) is 9.97 Å². The number of carbonyl (C=O) groups is 1. The fraction of sp³-hybridized carbons (Fsp3) is 0.208. The standard InChI is InChI=1S/C24H21ClN2O3/c1-13(2)30-23(24(28)29)21-14(3)27-20-9-8-17(25)11-18(20)22(21)16-10-15-6-4-5-7-19(15)26-12-16/h4-13,23H,1-3H3,(H,28,29). The molecule has 0 amide bonds. The molecule has 0 saturated carbocycles. The molecule has 0 saturated heterocycles. The van der Waals surface area contributed by atoms with Crippen LogP contribution in [0.3, 0.4) is 0 Å². The van der Waals surface area contributed by atoms with Gasteiger partial charge < -0.3 is 9.84 Å². The Morgan fingerprint density at radius 2 is 1.87 bits per heavy atom. The number of fused-ring (bicyclic) bond motifs is 2. The highest BCUT2D eigenvalue weighted by atomic mass is 35.5. The van der Waals surface area contributed by atoms with Gasteiger partial charge in [0, 0.05) is 44.4 Å². The second-order valence-electron chi connectivity index (χ2n) is 7.47. The first kappa shape index (κ1) is 20.3. The van der Waals surface area contributed by atoms with Crippen molar-refractivity contribution >= 4 is 39.4 Å². The van der Waals surface area contributed by atoms with Crippen LogP contribution in [-0.2, 0) is 9.53 Å². The predicted molar refractivity (Wildman–Crippen MR) is 119 cm³/mol. The minimum absolute atomic E-state index is 0.275. The van der Waals surface area contributed by atoms with Crippen molar-refractivity contribution in [3.63, 3.8) is 0 Å². The van der Waals surface area contributed by atoms with Crippen molar-refractivity contribution in [1.82, 2.24) is 9.97 Å². The number of nitrogens with zero attached hydrogens (tertiary/aromatic N) is 2. The number of benzene rings is 2. The predicted octanol–water partition coefficient (Wildman–Crippen LogP) is 5.96. The monoisotopic (exact) mass is 420 g/mol. The van der Waals surface area contributed by atoms with Crippen molar-refractivity contribution in [2.75, 3.05) is 0 Å². The summed E-state index contributed by atoms with van der Waals surface area (Å²) in [6, 6.07) is 15.2. The lowest BCUT2D eigenvalue weighted by Gasteiger charge is -2.23. The Balaban J connectivity index is 2.10. The quantitative estimate of drug-likeness (QED) is 0.431. The highest BCUT2D eigenvalue weighted by Crippen LogP contribution is 2.39. The SMILES string of the molecule is Cc1nc2ccc(Cl)cc2c(-c2cnc3ccccc3c2)c1C(OC(C)C)C(=O)O. The molecule has 0 aliphatic rings. The molecule has 1 N–H and O–H groups in total. The van der Waals surface area contributed by atoms with Gasteiger partial charge in [0.1, 0.15) is 0 Å². The van der Waals surface area contributed by atoms with Crippen LogP contribution < -0.4 is 0 Å². The Labute approximate surface area is 179 Å². The first-order chi connectivity index (χ1) is 14.3. The van der Waals surface area contributed by atoms with Crippen LogP contribution in [0, 0.1) is 6.92 Å². The first-order valence-electron chi connectivity index (χ1n) is 9.68. The molecule has 2 aromatic heterocycles. The zero-order chi connectivity index (χ0) is 21.4. The molecule has 0 aliphatic heterocycles. The van der Waals surface area contributed by atoms with Crippen LogP contribution >= 0.6 is 11.6 Å². The number of hydrogen-bond donors (Lipinski definition) is 1. The van der Waals surface area contributed by atoms with Gasteiger partial charge in [-0.2, -0.15) is 0 Å². The molecule has 6 heteroatoms. The molecule has 0 spiro atoms. The van der Waals surface area contributed by atoms with E-state index in [-0.39, 0.29) is 6.10 Å². The molecule has 152 valence electrons. The number of aromatic nitrogens is 2. The summed E-state index contributed by atoms with van der Waals surface area (Å²) in [5, 5.41) is 12.2. The molecule has 1 unspecified atom stereocenters. The summed E-state index contributed by atoms with van der Waals surface area (Å²) in [6.07, 6.45) is 0.320. The summed E-state index contributed by atoms with van der Waals surface area (Å²) in [7, 11) is 0. The largest absolute Gasteiger partial charge is 0.479 e. The average Bonchev–Trinajstić information content (AvgIpc) is 2.71. The first-order valence-corrected chi connectivity index (χ1v) is 10.1. The summed E-state index contributed by atoms with van der Waals surface area (Å²) in [6.45, 7) is 5.43. The number of carboxylic acid groups (broad SMARTS) is 1. The van der Waals surface area contributed by atoms with E-state index in [0.717, 1.165) is 32.9 Å². The van der Waals surface area contributed by atoms with Gasteiger partial charge in [0.15, 0.2) is 6.10 Å². The summed E-state index contributed by atoms with van der Waals surface area (Å²) in [4.78, 5) is 21.4. The Morgan fingerprint density at radius 3 is 2.60 bits per heavy atom. The molecule has 0 radical (unpaired) electrons. The van der Waals surface area contributed by atoms with Gasteiger partial charge in [-0.3, -0.25) is 9.97 Å². The minimum atomic E-state index is -1.16. The molecule has 2 heterocycles. The van der Waals surface area contributed by atoms with Gasteiger partial charge in [-0.05, 0) is 51.1 Å². The van der Waals surface area contributed by atoms with Gasteiger partial charge in [-0.15, -0.1) is 0 Å². The van der Waals surface area contributed by atoms with Crippen molar-refractivity contribution in [3.8, 4) is 11.1 Å². The number of carboxylic acids is 1. The van der Waals surface area contributed by atoms with E-state index >= 15 is 0 Å². The number of aryl methyl sites for hydroxylation is 1. The van der Waals surface area contributed by atoms with Gasteiger partial charge in [-0.1, -0.05) is 29.8 Å². The Bertz CT molecular complexity index is 1270. The molecule has 4 rings (SSSR count). The third-order valence-electron chi connectivity index (χ3n) is 4.95. The zero-order valence-corrected chi connectivity index (χ0v) is 17.6. The minimum Gasteiger partial charge on any atom is -0.479 e. The van der Waals surface area contributed by atoms with Crippen LogP contribution in [0.15, 0.2) is 54.7 Å². The Kier molecular flexibility index (Phi) is 5.41. The number of rotatable bonds is 5. The fourth-order valence-corrected chi connectivity index (χ4v) is 3.91. The highest BCUT2D eigenvalue weighted by molar-refractivity contribution is 6.31. The van der Waals surface area contributed by atoms with Crippen LogP contribution in [-0.4, -0.2) is 27.1 Å². The maximum atomic E-state index is 12.2. The van der Waals surface area contributed by atoms with Crippen molar-refractivity contribution < 1.29 is 14.6 Å². The molecular weight excluding hydrogens is 400 g/mol. The van der Waals surface area contributed by atoms with Crippen LogP contribution in [0.5, 0.6) is 0 Å². The van der Waals surface area contributed by atoms with Crippen LogP contribution in [0.4, 0.5) is 0 Å². The Morgan fingerprint density at radius 1 is 1.10 bits per heavy atom. The second-order valence-corrected chi connectivity index (χ2v) is 7.90. The molecule has 0 fully saturated rings. The van der Waals surface area contributed by atoms with Crippen LogP contribution in [0.2, 0.25) is 5.02 Å². The molecule has 1 atom stereocenters. The molecule has 2 aromatic carbocycles. The van der Waals surface area contributed by atoms with Gasteiger partial charge in [-0.25, -0.2) is 4.79 Å². The number of halogens is 1. The van der Waals surface area contributed by atoms with Crippen molar-refractivity contribution in [2.24, 2.45) is 0 Å². The topological polar surface area (TPSA) is 72.3 Å². The van der Waals surface area contributed by atoms with Gasteiger partial charge in [0.2, 0.25) is 0 Å². The summed E-state index contributed by atoms with van der Waals surface area (Å²) < 4.78 is 5.81. The maximum absolute atomic E-state index is 12.2. The normalized spacial score (nSPS) is 12.6. The van der Waals surface area contributed by atoms with Gasteiger partial charge >= 0.3 is 5.97 Å². The molecule has 0 aliphatic carbocycles. The number of pyridine rings is 2. The number of ether oxygens (including phenoxy) is 1. The number of hydrogen-bond acceptors (Lipinski definition) is 4. The lowest BCUT2D eigenvalue weighted by atomic mass is 9.91. The van der Waals surface area contributed by atoms with Gasteiger partial charge in [0.05, 0.1) is 17.1 Å². The lowest BCUT2D eigenvalue weighted by molar-refractivity contribution is -0.153. The molecule has 0 bridgehead atoms. The highest BCUT2D eigenvalue weighted by Gasteiger charge is 2.29. The van der Waals surface area contributed by atoms with Gasteiger partial charge in [0.25, 0.3) is 0 Å². The smallest absolute Gasteiger partial charge is 0.337 e. The Hall–Kier alpha value is -3.02. The maximum Gasteiger partial charge on any atom is 0.337 e. The number of para-hydroxylation sites is 1. The van der Waals surface area contributed by atoms with Crippen molar-refractivity contribution in [2.45, 2.75) is 33.0 Å². The van der Waals surface area contributed by atoms with E-state index in [1.807, 2.05) is 56.3 Å². The molecular formula is C24H21ClN2O3.